The van der Waals surface area contributed by atoms with Crippen molar-refractivity contribution in [2.24, 2.45) is 0 Å². The predicted octanol–water partition coefficient (Wildman–Crippen LogP) is 1.77. The molecule has 0 fully saturated rings. The molecule has 2 rings (SSSR count). The molecule has 0 aliphatic carbocycles. The molecule has 0 amide bonds. The van der Waals surface area contributed by atoms with Crippen molar-refractivity contribution in [1.29, 1.82) is 0 Å². The molecule has 3 nitrogen and oxygen atoms in total. The van der Waals surface area contributed by atoms with Gasteiger partial charge in [-0.25, -0.2) is 4.79 Å². The Labute approximate surface area is 86.9 Å². The number of hydrogen-bond acceptors (Lipinski definition) is 2. The molecule has 1 atom stereocenters. The van der Waals surface area contributed by atoms with Gasteiger partial charge in [0.1, 0.15) is 11.6 Å². The molecular formula is C10H12NO2S+. The van der Waals surface area contributed by atoms with Gasteiger partial charge in [0.15, 0.2) is 6.54 Å². The smallest absolute Gasteiger partial charge is 0.359 e. The standard InChI is InChI=1S/C10H11NO2S/c1-11(6-10(12)13)7-14-9-5-3-2-4-8(9)11/h2-5H,6-7H2,1H3/p+1. The first-order chi connectivity index (χ1) is 6.62. The molecule has 1 unspecified atom stereocenters. The zero-order valence-corrected chi connectivity index (χ0v) is 8.75. The van der Waals surface area contributed by atoms with E-state index in [0.717, 1.165) is 11.6 Å². The summed E-state index contributed by atoms with van der Waals surface area (Å²) in [6.45, 7) is 0.157. The summed E-state index contributed by atoms with van der Waals surface area (Å²) in [7, 11) is 1.97. The molecule has 0 spiro atoms. The Morgan fingerprint density at radius 1 is 1.57 bits per heavy atom. The van der Waals surface area contributed by atoms with E-state index in [1.54, 1.807) is 11.8 Å². The van der Waals surface area contributed by atoms with Gasteiger partial charge in [-0.1, -0.05) is 23.9 Å². The molecule has 1 N–H and O–H groups in total. The van der Waals surface area contributed by atoms with Gasteiger partial charge in [-0.2, -0.15) is 0 Å². The predicted molar refractivity (Wildman–Crippen MR) is 57.4 cm³/mol. The van der Waals surface area contributed by atoms with Crippen LogP contribution in [0.4, 0.5) is 5.69 Å². The third-order valence-electron chi connectivity index (χ3n) is 2.44. The van der Waals surface area contributed by atoms with E-state index in [2.05, 4.69) is 0 Å². The molecule has 4 heteroatoms. The number of quaternary nitrogens is 1. The van der Waals surface area contributed by atoms with Crippen molar-refractivity contribution in [2.45, 2.75) is 4.90 Å². The van der Waals surface area contributed by atoms with Crippen molar-refractivity contribution in [3.63, 3.8) is 0 Å². The van der Waals surface area contributed by atoms with Crippen LogP contribution in [0.3, 0.4) is 0 Å². The number of carboxylic acids is 1. The Kier molecular flexibility index (Phi) is 2.25. The van der Waals surface area contributed by atoms with Crippen LogP contribution in [0.15, 0.2) is 29.2 Å². The van der Waals surface area contributed by atoms with Gasteiger partial charge >= 0.3 is 5.97 Å². The second kappa shape index (κ2) is 3.29. The molecular weight excluding hydrogens is 198 g/mol. The van der Waals surface area contributed by atoms with E-state index in [4.69, 9.17) is 5.11 Å². The third kappa shape index (κ3) is 1.51. The van der Waals surface area contributed by atoms with Gasteiger partial charge in [0.05, 0.1) is 11.9 Å². The lowest BCUT2D eigenvalue weighted by molar-refractivity contribution is -0.137. The van der Waals surface area contributed by atoms with Crippen molar-refractivity contribution < 1.29 is 9.90 Å². The van der Waals surface area contributed by atoms with Crippen molar-refractivity contribution in [3.8, 4) is 0 Å². The number of carbonyl (C=O) groups is 1. The first-order valence-electron chi connectivity index (χ1n) is 4.40. The van der Waals surface area contributed by atoms with Crippen molar-refractivity contribution in [1.82, 2.24) is 4.48 Å². The fourth-order valence-electron chi connectivity index (χ4n) is 1.74. The van der Waals surface area contributed by atoms with E-state index in [1.165, 1.54) is 4.90 Å². The summed E-state index contributed by atoms with van der Waals surface area (Å²) in [5.74, 6) is 0.0656. The monoisotopic (exact) mass is 210 g/mol. The molecule has 1 aromatic carbocycles. The summed E-state index contributed by atoms with van der Waals surface area (Å²) >= 11 is 1.73. The summed E-state index contributed by atoms with van der Waals surface area (Å²) in [5.41, 5.74) is 1.12. The highest BCUT2D eigenvalue weighted by Gasteiger charge is 2.36. The van der Waals surface area contributed by atoms with Gasteiger partial charge in [-0.3, -0.25) is 4.48 Å². The highest BCUT2D eigenvalue weighted by Crippen LogP contribution is 2.41. The first-order valence-corrected chi connectivity index (χ1v) is 5.39. The van der Waals surface area contributed by atoms with Crippen LogP contribution in [0.5, 0.6) is 0 Å². The van der Waals surface area contributed by atoms with Gasteiger partial charge in [-0.05, 0) is 6.07 Å². The number of para-hydroxylation sites is 1. The lowest BCUT2D eigenvalue weighted by atomic mass is 10.2. The fraction of sp³-hybridized carbons (Fsp3) is 0.300. The minimum Gasteiger partial charge on any atom is -0.477 e. The summed E-state index contributed by atoms with van der Waals surface area (Å²) < 4.78 is 0.496. The first kappa shape index (κ1) is 9.55. The SMILES string of the molecule is C[N+]1(CC(=O)O)CSc2ccccc21. The molecule has 74 valence electrons. The van der Waals surface area contributed by atoms with Crippen LogP contribution in [0.25, 0.3) is 0 Å². The van der Waals surface area contributed by atoms with Gasteiger partial charge < -0.3 is 5.11 Å². The summed E-state index contributed by atoms with van der Waals surface area (Å²) in [6.07, 6.45) is 0. The average molecular weight is 210 g/mol. The number of rotatable bonds is 2. The van der Waals surface area contributed by atoms with Crippen LogP contribution < -0.4 is 4.48 Å². The number of fused-ring (bicyclic) bond motifs is 1. The molecule has 1 aliphatic heterocycles. The van der Waals surface area contributed by atoms with E-state index in [1.807, 2.05) is 31.3 Å². The maximum absolute atomic E-state index is 10.7. The molecule has 0 aromatic heterocycles. The van der Waals surface area contributed by atoms with E-state index in [0.29, 0.717) is 4.48 Å². The maximum Gasteiger partial charge on any atom is 0.359 e. The Morgan fingerprint density at radius 2 is 2.29 bits per heavy atom. The third-order valence-corrected chi connectivity index (χ3v) is 3.79. The second-order valence-electron chi connectivity index (χ2n) is 3.69. The largest absolute Gasteiger partial charge is 0.477 e. The van der Waals surface area contributed by atoms with E-state index >= 15 is 0 Å². The minimum atomic E-state index is -0.746. The highest BCUT2D eigenvalue weighted by atomic mass is 32.2. The normalized spacial score (nSPS) is 24.6. The minimum absolute atomic E-state index is 0.157. The number of thioether (sulfide) groups is 1. The topological polar surface area (TPSA) is 37.3 Å². The van der Waals surface area contributed by atoms with Crippen LogP contribution in [0.2, 0.25) is 0 Å². The summed E-state index contributed by atoms with van der Waals surface area (Å²) in [5, 5.41) is 8.84. The van der Waals surface area contributed by atoms with E-state index < -0.39 is 5.97 Å². The molecule has 0 saturated carbocycles. The molecule has 1 aliphatic rings. The van der Waals surface area contributed by atoms with Crippen LogP contribution in [-0.4, -0.2) is 30.5 Å². The molecule has 0 saturated heterocycles. The summed E-state index contributed by atoms with van der Waals surface area (Å²) in [6, 6.07) is 8.01. The number of benzene rings is 1. The zero-order valence-electron chi connectivity index (χ0n) is 7.93. The van der Waals surface area contributed by atoms with Gasteiger partial charge in [0.25, 0.3) is 0 Å². The number of aliphatic carboxylic acids is 1. The van der Waals surface area contributed by atoms with Crippen molar-refractivity contribution in [3.05, 3.63) is 24.3 Å². The Bertz CT molecular complexity index is 380. The number of likely N-dealkylation sites (N-methyl/N-ethyl adjacent to an activating group) is 1. The van der Waals surface area contributed by atoms with Gasteiger partial charge in [0, 0.05) is 6.07 Å². The molecule has 1 aromatic rings. The molecule has 0 bridgehead atoms. The van der Waals surface area contributed by atoms with Crippen LogP contribution in [-0.2, 0) is 4.79 Å². The lowest BCUT2D eigenvalue weighted by Crippen LogP contribution is -2.46. The van der Waals surface area contributed by atoms with E-state index in [9.17, 15) is 4.79 Å². The Hall–Kier alpha value is -1.00. The second-order valence-corrected chi connectivity index (χ2v) is 4.68. The summed E-state index contributed by atoms with van der Waals surface area (Å²) in [4.78, 5) is 12.0. The zero-order chi connectivity index (χ0) is 10.2. The average Bonchev–Trinajstić information content (AvgIpc) is 2.44. The fourth-order valence-corrected chi connectivity index (χ4v) is 3.00. The maximum atomic E-state index is 10.7. The van der Waals surface area contributed by atoms with Gasteiger partial charge in [0.2, 0.25) is 0 Å². The van der Waals surface area contributed by atoms with Crippen LogP contribution in [0, 0.1) is 0 Å². The molecule has 1 heterocycles. The lowest BCUT2D eigenvalue weighted by Gasteiger charge is -2.26. The van der Waals surface area contributed by atoms with Crippen molar-refractivity contribution in [2.75, 3.05) is 19.5 Å². The molecule has 0 radical (unpaired) electrons. The number of carboxylic acid groups (broad SMARTS) is 1. The van der Waals surface area contributed by atoms with Crippen molar-refractivity contribution >= 4 is 23.4 Å². The Morgan fingerprint density at radius 3 is 3.00 bits per heavy atom. The molecule has 14 heavy (non-hydrogen) atoms. The number of nitrogens with zero attached hydrogens (tertiary/aromatic N) is 1. The van der Waals surface area contributed by atoms with E-state index in [-0.39, 0.29) is 6.54 Å². The Balaban J connectivity index is 2.37. The number of hydrogen-bond donors (Lipinski definition) is 1. The highest BCUT2D eigenvalue weighted by molar-refractivity contribution is 7.99. The van der Waals surface area contributed by atoms with Crippen LogP contribution in [0.1, 0.15) is 0 Å². The van der Waals surface area contributed by atoms with Gasteiger partial charge in [-0.15, -0.1) is 0 Å². The van der Waals surface area contributed by atoms with Crippen LogP contribution >= 0.6 is 11.8 Å². The quantitative estimate of drug-likeness (QED) is 0.756.